The fraction of sp³-hybridized carbons (Fsp3) is 0.857. The molecule has 1 saturated heterocycles. The molecule has 0 spiro atoms. The minimum absolute atomic E-state index is 0.319. The van der Waals surface area contributed by atoms with Crippen molar-refractivity contribution in [3.8, 4) is 0 Å². The summed E-state index contributed by atoms with van der Waals surface area (Å²) in [5, 5.41) is 0.609. The Morgan fingerprint density at radius 1 is 1.78 bits per heavy atom. The van der Waals surface area contributed by atoms with E-state index in [1.165, 1.54) is 0 Å². The number of hydrogen-bond acceptors (Lipinski definition) is 2. The molecule has 0 amide bonds. The first-order valence-corrected chi connectivity index (χ1v) is 4.45. The van der Waals surface area contributed by atoms with Crippen LogP contribution in [0.5, 0.6) is 0 Å². The number of hydrogen-bond donors (Lipinski definition) is 0. The lowest BCUT2D eigenvalue weighted by atomic mass is 10.0. The van der Waals surface area contributed by atoms with E-state index >= 15 is 0 Å². The van der Waals surface area contributed by atoms with E-state index in [1.807, 2.05) is 18.7 Å². The van der Waals surface area contributed by atoms with E-state index in [9.17, 15) is 4.79 Å². The normalized spacial score (nSPS) is 35.6. The Balaban J connectivity index is 2.51. The maximum atomic E-state index is 10.9. The highest BCUT2D eigenvalue weighted by Crippen LogP contribution is 2.30. The van der Waals surface area contributed by atoms with Gasteiger partial charge in [-0.05, 0) is 6.42 Å². The molecule has 2 heteroatoms. The summed E-state index contributed by atoms with van der Waals surface area (Å²) in [7, 11) is 0. The Kier molecular flexibility index (Phi) is 2.17. The van der Waals surface area contributed by atoms with Crippen LogP contribution in [0, 0.1) is 5.92 Å². The molecule has 1 nitrogen and oxygen atoms in total. The minimum atomic E-state index is 0.319. The van der Waals surface area contributed by atoms with Crippen molar-refractivity contribution in [1.29, 1.82) is 0 Å². The number of carbonyl (C=O) groups excluding carboxylic acids is 1. The number of Topliss-reactive ketones (excluding diaryl/α,β-unsaturated/α-hetero) is 1. The number of ketones is 1. The summed E-state index contributed by atoms with van der Waals surface area (Å²) in [6, 6.07) is 0. The summed E-state index contributed by atoms with van der Waals surface area (Å²) >= 11 is 1.81. The van der Waals surface area contributed by atoms with E-state index in [4.69, 9.17) is 0 Å². The second kappa shape index (κ2) is 2.74. The molecule has 0 N–H and O–H groups in total. The minimum Gasteiger partial charge on any atom is -0.298 e. The topological polar surface area (TPSA) is 17.1 Å². The Labute approximate surface area is 60.2 Å². The van der Waals surface area contributed by atoms with Gasteiger partial charge in [-0.25, -0.2) is 0 Å². The van der Waals surface area contributed by atoms with Gasteiger partial charge in [0, 0.05) is 11.2 Å². The van der Waals surface area contributed by atoms with Crippen LogP contribution in [0.2, 0.25) is 0 Å². The van der Waals surface area contributed by atoms with E-state index < -0.39 is 0 Å². The lowest BCUT2D eigenvalue weighted by molar-refractivity contribution is -0.119. The molecule has 0 saturated carbocycles. The number of carbonyl (C=O) groups is 1. The molecule has 0 bridgehead atoms. The number of rotatable bonds is 1. The first-order valence-electron chi connectivity index (χ1n) is 3.40. The third-order valence-corrected chi connectivity index (χ3v) is 3.53. The van der Waals surface area contributed by atoms with E-state index in [0.29, 0.717) is 17.0 Å². The van der Waals surface area contributed by atoms with Crippen LogP contribution in [0.4, 0.5) is 0 Å². The van der Waals surface area contributed by atoms with Crippen LogP contribution >= 0.6 is 11.8 Å². The van der Waals surface area contributed by atoms with Gasteiger partial charge in [0.15, 0.2) is 0 Å². The molecule has 1 fully saturated rings. The lowest BCUT2D eigenvalue weighted by Gasteiger charge is -2.07. The molecule has 52 valence electrons. The molecule has 0 aliphatic carbocycles. The third kappa shape index (κ3) is 1.29. The van der Waals surface area contributed by atoms with Crippen LogP contribution in [-0.2, 0) is 4.79 Å². The second-order valence-electron chi connectivity index (χ2n) is 2.51. The maximum Gasteiger partial charge on any atom is 0.146 e. The molecule has 1 heterocycles. The zero-order chi connectivity index (χ0) is 6.85. The van der Waals surface area contributed by atoms with Crippen molar-refractivity contribution in [2.24, 2.45) is 5.92 Å². The molecule has 0 unspecified atom stereocenters. The zero-order valence-electron chi connectivity index (χ0n) is 5.89. The molecule has 2 atom stereocenters. The molecule has 0 radical (unpaired) electrons. The predicted octanol–water partition coefficient (Wildman–Crippen LogP) is 1.72. The average Bonchev–Trinajstić information content (AvgIpc) is 2.15. The molecular weight excluding hydrogens is 132 g/mol. The molecule has 9 heavy (non-hydrogen) atoms. The summed E-state index contributed by atoms with van der Waals surface area (Å²) in [6.07, 6.45) is 1.14. The zero-order valence-corrected chi connectivity index (χ0v) is 6.70. The van der Waals surface area contributed by atoms with Gasteiger partial charge in [-0.15, -0.1) is 11.8 Å². The molecule has 0 aromatic carbocycles. The van der Waals surface area contributed by atoms with Crippen LogP contribution in [-0.4, -0.2) is 16.8 Å². The molecule has 0 aromatic heterocycles. The fourth-order valence-corrected chi connectivity index (χ4v) is 2.46. The van der Waals surface area contributed by atoms with Crippen LogP contribution in [0.1, 0.15) is 20.3 Å². The highest BCUT2D eigenvalue weighted by molar-refractivity contribution is 8.01. The predicted molar refractivity (Wildman–Crippen MR) is 40.7 cm³/mol. The largest absolute Gasteiger partial charge is 0.298 e. The lowest BCUT2D eigenvalue weighted by Crippen LogP contribution is -2.13. The Bertz CT molecular complexity index is 122. The maximum absolute atomic E-state index is 10.9. The van der Waals surface area contributed by atoms with Crippen molar-refractivity contribution in [3.63, 3.8) is 0 Å². The highest BCUT2D eigenvalue weighted by atomic mass is 32.2. The van der Waals surface area contributed by atoms with E-state index in [-0.39, 0.29) is 0 Å². The van der Waals surface area contributed by atoms with E-state index in [0.717, 1.165) is 12.2 Å². The van der Waals surface area contributed by atoms with Crippen molar-refractivity contribution >= 4 is 17.5 Å². The van der Waals surface area contributed by atoms with Crippen LogP contribution in [0.3, 0.4) is 0 Å². The van der Waals surface area contributed by atoms with Gasteiger partial charge in [-0.2, -0.15) is 0 Å². The summed E-state index contributed by atoms with van der Waals surface area (Å²) in [4.78, 5) is 10.9. The molecular formula is C7H12OS. The summed E-state index contributed by atoms with van der Waals surface area (Å²) in [5.41, 5.74) is 0. The van der Waals surface area contributed by atoms with Crippen molar-refractivity contribution < 1.29 is 4.79 Å². The summed E-state index contributed by atoms with van der Waals surface area (Å²) in [5.74, 6) is 1.51. The Hall–Kier alpha value is 0.0200. The monoisotopic (exact) mass is 144 g/mol. The Morgan fingerprint density at radius 2 is 2.44 bits per heavy atom. The van der Waals surface area contributed by atoms with Gasteiger partial charge in [0.2, 0.25) is 0 Å². The van der Waals surface area contributed by atoms with Crippen molar-refractivity contribution in [2.75, 3.05) is 5.75 Å². The first kappa shape index (κ1) is 7.13. The third-order valence-electron chi connectivity index (χ3n) is 1.91. The van der Waals surface area contributed by atoms with Gasteiger partial charge in [0.1, 0.15) is 5.78 Å². The first-order chi connectivity index (χ1) is 4.25. The standard InChI is InChI=1S/C7H12OS/c1-3-7-5(2)6(8)4-9-7/h5,7H,3-4H2,1-2H3/t5-,7+/m0/s1. The fourth-order valence-electron chi connectivity index (χ4n) is 1.14. The van der Waals surface area contributed by atoms with Crippen molar-refractivity contribution in [1.82, 2.24) is 0 Å². The molecule has 0 aromatic rings. The Morgan fingerprint density at radius 3 is 2.67 bits per heavy atom. The average molecular weight is 144 g/mol. The van der Waals surface area contributed by atoms with Crippen LogP contribution < -0.4 is 0 Å². The summed E-state index contributed by atoms with van der Waals surface area (Å²) in [6.45, 7) is 4.18. The van der Waals surface area contributed by atoms with Crippen LogP contribution in [0.25, 0.3) is 0 Å². The van der Waals surface area contributed by atoms with Gasteiger partial charge in [0.05, 0.1) is 5.75 Å². The SMILES string of the molecule is CC[C@H]1SCC(=O)[C@@H]1C. The van der Waals surface area contributed by atoms with Gasteiger partial charge < -0.3 is 0 Å². The van der Waals surface area contributed by atoms with Crippen molar-refractivity contribution in [2.45, 2.75) is 25.5 Å². The van der Waals surface area contributed by atoms with Crippen LogP contribution in [0.15, 0.2) is 0 Å². The molecule has 1 aliphatic rings. The molecule has 1 rings (SSSR count). The number of thioether (sulfide) groups is 1. The second-order valence-corrected chi connectivity index (χ2v) is 3.74. The van der Waals surface area contributed by atoms with Crippen molar-refractivity contribution in [3.05, 3.63) is 0 Å². The van der Waals surface area contributed by atoms with E-state index in [1.54, 1.807) is 0 Å². The van der Waals surface area contributed by atoms with E-state index in [2.05, 4.69) is 6.92 Å². The highest BCUT2D eigenvalue weighted by Gasteiger charge is 2.29. The molecule has 1 aliphatic heterocycles. The van der Waals surface area contributed by atoms with Gasteiger partial charge in [-0.1, -0.05) is 13.8 Å². The van der Waals surface area contributed by atoms with Gasteiger partial charge >= 0.3 is 0 Å². The summed E-state index contributed by atoms with van der Waals surface area (Å²) < 4.78 is 0. The quantitative estimate of drug-likeness (QED) is 0.557. The van der Waals surface area contributed by atoms with Gasteiger partial charge in [0.25, 0.3) is 0 Å². The van der Waals surface area contributed by atoms with Gasteiger partial charge in [-0.3, -0.25) is 4.79 Å². The smallest absolute Gasteiger partial charge is 0.146 e.